The number of carbonyl (C=O) groups is 2. The average Bonchev–Trinajstić information content (AvgIpc) is 3.41. The van der Waals surface area contributed by atoms with Crippen LogP contribution in [-0.2, 0) is 9.59 Å². The molecule has 4 aliphatic carbocycles. The third kappa shape index (κ3) is 2.02. The van der Waals surface area contributed by atoms with Gasteiger partial charge in [0.1, 0.15) is 0 Å². The van der Waals surface area contributed by atoms with Crippen molar-refractivity contribution >= 4 is 29.6 Å². The first kappa shape index (κ1) is 15.9. The van der Waals surface area contributed by atoms with Crippen LogP contribution in [0.3, 0.4) is 0 Å². The van der Waals surface area contributed by atoms with Crippen LogP contribution in [0.2, 0.25) is 5.02 Å². The number of hydrogen-bond donors (Lipinski definition) is 1. The number of phenols is 1. The van der Waals surface area contributed by atoms with Gasteiger partial charge in [-0.05, 0) is 47.8 Å². The van der Waals surface area contributed by atoms with Crippen molar-refractivity contribution in [2.75, 3.05) is 7.11 Å². The molecule has 2 amide bonds. The summed E-state index contributed by atoms with van der Waals surface area (Å²) in [4.78, 5) is 25.7. The highest BCUT2D eigenvalue weighted by molar-refractivity contribution is 6.32. The number of ether oxygens (including phenoxy) is 1. The van der Waals surface area contributed by atoms with Crippen molar-refractivity contribution in [1.82, 2.24) is 5.01 Å². The second-order valence-electron chi connectivity index (χ2n) is 7.44. The number of hydrazone groups is 1. The normalized spacial score (nSPS) is 36.6. The Morgan fingerprint density at radius 2 is 1.81 bits per heavy atom. The van der Waals surface area contributed by atoms with E-state index in [0.29, 0.717) is 17.4 Å². The number of carbonyl (C=O) groups excluding carboxylic acids is 2. The number of phenolic OH excluding ortho intramolecular Hbond substituents is 1. The quantitative estimate of drug-likeness (QED) is 0.502. The Kier molecular flexibility index (Phi) is 3.26. The number of halogens is 1. The Balaban J connectivity index is 1.44. The van der Waals surface area contributed by atoms with E-state index in [1.807, 2.05) is 0 Å². The molecule has 26 heavy (non-hydrogen) atoms. The largest absolute Gasteiger partial charge is 0.503 e. The summed E-state index contributed by atoms with van der Waals surface area (Å²) in [5, 5.41) is 15.1. The lowest BCUT2D eigenvalue weighted by molar-refractivity contribution is -0.140. The Morgan fingerprint density at radius 3 is 2.38 bits per heavy atom. The third-order valence-electron chi connectivity index (χ3n) is 6.23. The van der Waals surface area contributed by atoms with Gasteiger partial charge in [-0.3, -0.25) is 9.59 Å². The minimum Gasteiger partial charge on any atom is -0.503 e. The molecule has 1 aromatic rings. The van der Waals surface area contributed by atoms with E-state index in [9.17, 15) is 14.7 Å². The first-order valence-corrected chi connectivity index (χ1v) is 9.05. The summed E-state index contributed by atoms with van der Waals surface area (Å²) in [7, 11) is 1.42. The van der Waals surface area contributed by atoms with E-state index in [0.717, 1.165) is 11.4 Å². The number of benzene rings is 1. The van der Waals surface area contributed by atoms with Crippen molar-refractivity contribution in [2.45, 2.75) is 6.42 Å². The van der Waals surface area contributed by atoms with Crippen LogP contribution >= 0.6 is 11.6 Å². The van der Waals surface area contributed by atoms with Crippen LogP contribution in [0.15, 0.2) is 29.4 Å². The summed E-state index contributed by atoms with van der Waals surface area (Å²) in [6, 6.07) is 3.05. The van der Waals surface area contributed by atoms with Gasteiger partial charge in [0.2, 0.25) is 0 Å². The molecule has 7 heteroatoms. The number of hydrogen-bond acceptors (Lipinski definition) is 5. The van der Waals surface area contributed by atoms with Crippen molar-refractivity contribution in [3.63, 3.8) is 0 Å². The molecule has 2 bridgehead atoms. The van der Waals surface area contributed by atoms with Crippen molar-refractivity contribution < 1.29 is 19.4 Å². The van der Waals surface area contributed by atoms with Crippen LogP contribution in [0, 0.1) is 35.5 Å². The summed E-state index contributed by atoms with van der Waals surface area (Å²) < 4.78 is 5.06. The fraction of sp³-hybridized carbons (Fsp3) is 0.421. The lowest BCUT2D eigenvalue weighted by Gasteiger charge is -2.37. The van der Waals surface area contributed by atoms with Crippen LogP contribution < -0.4 is 4.74 Å². The minimum absolute atomic E-state index is 0.112. The number of amides is 2. The van der Waals surface area contributed by atoms with Gasteiger partial charge in [-0.25, -0.2) is 0 Å². The number of imide groups is 1. The standard InChI is InChI=1S/C19H17ClN2O4/c1-26-14-5-8(4-13(20)17(14)23)7-21-22-18(24)15-9-2-3-10(12-6-11(9)12)16(15)19(22)25/h2-5,7,9-12,15-16,23H,6H2,1H3/b21-7-/t9-,10-,11-,12+,15-,16+/m0/s1. The van der Waals surface area contributed by atoms with Crippen LogP contribution in [0.1, 0.15) is 12.0 Å². The maximum Gasteiger partial charge on any atom is 0.254 e. The molecule has 1 N–H and O–H groups in total. The van der Waals surface area contributed by atoms with E-state index in [4.69, 9.17) is 16.3 Å². The summed E-state index contributed by atoms with van der Waals surface area (Å²) in [6.07, 6.45) is 6.79. The number of methoxy groups -OCH3 is 1. The lowest BCUT2D eigenvalue weighted by atomic mass is 9.63. The molecular weight excluding hydrogens is 356 g/mol. The molecule has 0 unspecified atom stereocenters. The zero-order chi connectivity index (χ0) is 18.2. The molecule has 0 radical (unpaired) electrons. The van der Waals surface area contributed by atoms with Crippen LogP contribution in [-0.4, -0.2) is 35.3 Å². The van der Waals surface area contributed by atoms with E-state index in [-0.39, 0.29) is 52.0 Å². The molecule has 3 fully saturated rings. The van der Waals surface area contributed by atoms with Gasteiger partial charge >= 0.3 is 0 Å². The zero-order valence-electron chi connectivity index (χ0n) is 14.0. The highest BCUT2D eigenvalue weighted by Gasteiger charge is 2.67. The fourth-order valence-electron chi connectivity index (χ4n) is 5.00. The van der Waals surface area contributed by atoms with Crippen molar-refractivity contribution in [2.24, 2.45) is 40.6 Å². The summed E-state index contributed by atoms with van der Waals surface area (Å²) in [6.45, 7) is 0. The molecule has 0 aromatic heterocycles. The topological polar surface area (TPSA) is 79.2 Å². The van der Waals surface area contributed by atoms with Gasteiger partial charge in [0.05, 0.1) is 30.2 Å². The Bertz CT molecular complexity index is 860. The number of allylic oxidation sites excluding steroid dienone is 2. The average molecular weight is 373 g/mol. The van der Waals surface area contributed by atoms with E-state index >= 15 is 0 Å². The highest BCUT2D eigenvalue weighted by Crippen LogP contribution is 2.65. The van der Waals surface area contributed by atoms with E-state index in [1.165, 1.54) is 19.4 Å². The molecule has 1 aromatic carbocycles. The monoisotopic (exact) mass is 372 g/mol. The first-order valence-electron chi connectivity index (χ1n) is 8.68. The molecule has 134 valence electrons. The molecule has 1 heterocycles. The van der Waals surface area contributed by atoms with Gasteiger partial charge in [-0.15, -0.1) is 0 Å². The molecule has 1 saturated heterocycles. The smallest absolute Gasteiger partial charge is 0.254 e. The molecule has 0 spiro atoms. The Labute approximate surface area is 155 Å². The van der Waals surface area contributed by atoms with Gasteiger partial charge in [0.25, 0.3) is 11.8 Å². The molecule has 6 rings (SSSR count). The van der Waals surface area contributed by atoms with Crippen molar-refractivity contribution in [3.05, 3.63) is 34.9 Å². The van der Waals surface area contributed by atoms with E-state index < -0.39 is 0 Å². The van der Waals surface area contributed by atoms with Gasteiger partial charge in [0, 0.05) is 0 Å². The number of aromatic hydroxyl groups is 1. The van der Waals surface area contributed by atoms with E-state index in [1.54, 1.807) is 6.07 Å². The highest BCUT2D eigenvalue weighted by atomic mass is 35.5. The first-order chi connectivity index (χ1) is 12.5. The molecular formula is C19H17ClN2O4. The van der Waals surface area contributed by atoms with Crippen LogP contribution in [0.5, 0.6) is 11.5 Å². The second-order valence-corrected chi connectivity index (χ2v) is 7.85. The Hall–Kier alpha value is -2.34. The predicted octanol–water partition coefficient (Wildman–Crippen LogP) is 2.44. The number of nitrogens with zero attached hydrogens (tertiary/aromatic N) is 2. The van der Waals surface area contributed by atoms with Gasteiger partial charge in [0.15, 0.2) is 11.5 Å². The molecule has 5 aliphatic rings. The Morgan fingerprint density at radius 1 is 1.19 bits per heavy atom. The third-order valence-corrected chi connectivity index (χ3v) is 6.52. The van der Waals surface area contributed by atoms with Crippen LogP contribution in [0.4, 0.5) is 0 Å². The van der Waals surface area contributed by atoms with Gasteiger partial charge in [-0.1, -0.05) is 23.8 Å². The molecule has 6 atom stereocenters. The summed E-state index contributed by atoms with van der Waals surface area (Å²) in [5.41, 5.74) is 0.532. The van der Waals surface area contributed by atoms with Gasteiger partial charge < -0.3 is 9.84 Å². The molecule has 2 saturated carbocycles. The van der Waals surface area contributed by atoms with Crippen molar-refractivity contribution in [3.8, 4) is 11.5 Å². The van der Waals surface area contributed by atoms with Gasteiger partial charge in [-0.2, -0.15) is 10.1 Å². The minimum atomic E-state index is -0.267. The SMILES string of the molecule is COc1cc(/C=N\N2C(=O)[C@@H]3[C@H]4C=C[C@@H]([C@@H]5C[C@H]45)[C@@H]3C2=O)cc(Cl)c1O. The summed E-state index contributed by atoms with van der Waals surface area (Å²) >= 11 is 5.97. The fourth-order valence-corrected chi connectivity index (χ4v) is 5.22. The maximum atomic E-state index is 12.8. The second kappa shape index (κ2) is 5.33. The molecule has 1 aliphatic heterocycles. The van der Waals surface area contributed by atoms with Crippen LogP contribution in [0.25, 0.3) is 0 Å². The molecule has 6 nitrogen and oxygen atoms in total. The zero-order valence-corrected chi connectivity index (χ0v) is 14.8. The predicted molar refractivity (Wildman–Crippen MR) is 93.8 cm³/mol. The summed E-state index contributed by atoms with van der Waals surface area (Å²) in [5.74, 6) is 0.564. The maximum absolute atomic E-state index is 12.8. The van der Waals surface area contributed by atoms with E-state index in [2.05, 4.69) is 17.3 Å². The lowest BCUT2D eigenvalue weighted by Crippen LogP contribution is -2.40. The number of rotatable bonds is 3. The van der Waals surface area contributed by atoms with Crippen molar-refractivity contribution in [1.29, 1.82) is 0 Å².